The van der Waals surface area contributed by atoms with Gasteiger partial charge in [0, 0.05) is 11.8 Å². The summed E-state index contributed by atoms with van der Waals surface area (Å²) in [4.78, 5) is 0. The van der Waals surface area contributed by atoms with Crippen LogP contribution in [-0.4, -0.2) is 28.4 Å². The Kier molecular flexibility index (Phi) is 7.97. The van der Waals surface area contributed by atoms with Crippen molar-refractivity contribution in [2.75, 3.05) is 11.8 Å². The molecule has 0 unspecified atom stereocenters. The third-order valence-corrected chi connectivity index (χ3v) is 11.6. The van der Waals surface area contributed by atoms with E-state index in [2.05, 4.69) is 40.0 Å². The van der Waals surface area contributed by atoms with Crippen LogP contribution in [0.4, 0.5) is 0 Å². The lowest BCUT2D eigenvalue weighted by molar-refractivity contribution is 0.507. The molecule has 0 radical (unpaired) electrons. The molecule has 5 heteroatoms. The number of alkyl halides is 2. The smallest absolute Gasteiger partial charge is 0.173 e. The fraction of sp³-hybridized carbons (Fsp3) is 1.00. The third-order valence-electron chi connectivity index (χ3n) is 2.76. The molecule has 0 aliphatic rings. The highest BCUT2D eigenvalue weighted by molar-refractivity contribution is 6.84. The van der Waals surface area contributed by atoms with E-state index in [-0.39, 0.29) is 0 Å². The molecular weight excluding hydrogens is 287 g/mol. The van der Waals surface area contributed by atoms with Crippen LogP contribution >= 0.6 is 23.2 Å². The van der Waals surface area contributed by atoms with E-state index in [0.717, 1.165) is 23.8 Å². The molecule has 0 saturated carbocycles. The van der Waals surface area contributed by atoms with Gasteiger partial charge in [0.15, 0.2) is 16.6 Å². The van der Waals surface area contributed by atoms with Crippen molar-refractivity contribution in [1.82, 2.24) is 0 Å². The van der Waals surface area contributed by atoms with Crippen LogP contribution in [0.5, 0.6) is 0 Å². The van der Waals surface area contributed by atoms with Gasteiger partial charge in [-0.3, -0.25) is 0 Å². The van der Waals surface area contributed by atoms with Gasteiger partial charge in [0.25, 0.3) is 0 Å². The largest absolute Gasteiger partial charge is 0.455 e. The molecule has 0 amide bonds. The van der Waals surface area contributed by atoms with Gasteiger partial charge >= 0.3 is 0 Å². The summed E-state index contributed by atoms with van der Waals surface area (Å²) in [6.07, 6.45) is 0. The average Bonchev–Trinajstić information content (AvgIpc) is 2.13. The van der Waals surface area contributed by atoms with Gasteiger partial charge in [-0.15, -0.1) is 23.2 Å². The Morgan fingerprint density at radius 3 is 1.35 bits per heavy atom. The van der Waals surface area contributed by atoms with E-state index < -0.39 is 16.6 Å². The van der Waals surface area contributed by atoms with Crippen molar-refractivity contribution in [3.05, 3.63) is 0 Å². The zero-order chi connectivity index (χ0) is 13.7. The average molecular weight is 315 g/mol. The maximum absolute atomic E-state index is 6.53. The SMILES string of the molecule is C[C@H](CCl)C[Si](C)(C)O[Si](C)(C)C[C@H](C)CCl. The molecule has 0 aliphatic carbocycles. The van der Waals surface area contributed by atoms with Crippen molar-refractivity contribution >= 4 is 39.8 Å². The van der Waals surface area contributed by atoms with Gasteiger partial charge in [-0.2, -0.15) is 0 Å². The van der Waals surface area contributed by atoms with E-state index in [4.69, 9.17) is 27.3 Å². The Morgan fingerprint density at radius 2 is 1.12 bits per heavy atom. The normalized spacial score (nSPS) is 16.9. The van der Waals surface area contributed by atoms with Crippen LogP contribution in [0.1, 0.15) is 13.8 Å². The maximum atomic E-state index is 6.53. The molecule has 0 heterocycles. The number of hydrogen-bond donors (Lipinski definition) is 0. The summed E-state index contributed by atoms with van der Waals surface area (Å²) < 4.78 is 6.53. The minimum atomic E-state index is -1.57. The lowest BCUT2D eigenvalue weighted by Crippen LogP contribution is -2.46. The molecule has 0 aromatic carbocycles. The number of halogens is 2. The van der Waals surface area contributed by atoms with E-state index in [0.29, 0.717) is 11.8 Å². The molecule has 0 fully saturated rings. The van der Waals surface area contributed by atoms with Crippen LogP contribution in [0.3, 0.4) is 0 Å². The molecule has 0 bridgehead atoms. The summed E-state index contributed by atoms with van der Waals surface area (Å²) >= 11 is 11.8. The van der Waals surface area contributed by atoms with Crippen LogP contribution in [0.2, 0.25) is 38.3 Å². The topological polar surface area (TPSA) is 9.23 Å². The molecule has 104 valence electrons. The van der Waals surface area contributed by atoms with E-state index in [1.54, 1.807) is 0 Å². The lowest BCUT2D eigenvalue weighted by atomic mass is 10.3. The van der Waals surface area contributed by atoms with Crippen LogP contribution < -0.4 is 0 Å². The highest BCUT2D eigenvalue weighted by Crippen LogP contribution is 2.27. The van der Waals surface area contributed by atoms with Crippen LogP contribution in [-0.2, 0) is 4.12 Å². The molecule has 0 rings (SSSR count). The second-order valence-electron chi connectivity index (χ2n) is 6.55. The van der Waals surface area contributed by atoms with E-state index in [9.17, 15) is 0 Å². The zero-order valence-corrected chi connectivity index (χ0v) is 15.7. The summed E-state index contributed by atoms with van der Waals surface area (Å²) in [5.74, 6) is 2.60. The Hall–Kier alpha value is 0.974. The first kappa shape index (κ1) is 18.0. The third kappa shape index (κ3) is 8.65. The molecule has 0 N–H and O–H groups in total. The first-order chi connectivity index (χ1) is 7.62. The second-order valence-corrected chi connectivity index (χ2v) is 15.8. The van der Waals surface area contributed by atoms with Gasteiger partial charge in [-0.25, -0.2) is 0 Å². The molecule has 1 nitrogen and oxygen atoms in total. The predicted octanol–water partition coefficient (Wildman–Crippen LogP) is 5.16. The fourth-order valence-corrected chi connectivity index (χ4v) is 13.5. The van der Waals surface area contributed by atoms with E-state index in [1.165, 1.54) is 0 Å². The molecule has 0 spiro atoms. The van der Waals surface area contributed by atoms with Crippen LogP contribution in [0, 0.1) is 11.8 Å². The van der Waals surface area contributed by atoms with Gasteiger partial charge < -0.3 is 4.12 Å². The first-order valence-electron chi connectivity index (χ1n) is 6.44. The van der Waals surface area contributed by atoms with Crippen molar-refractivity contribution in [2.45, 2.75) is 52.1 Å². The van der Waals surface area contributed by atoms with Gasteiger partial charge in [-0.1, -0.05) is 13.8 Å². The molecule has 0 aliphatic heterocycles. The van der Waals surface area contributed by atoms with Crippen LogP contribution in [0.15, 0.2) is 0 Å². The van der Waals surface area contributed by atoms with Crippen LogP contribution in [0.25, 0.3) is 0 Å². The van der Waals surface area contributed by atoms with Gasteiger partial charge in [0.05, 0.1) is 0 Å². The highest BCUT2D eigenvalue weighted by Gasteiger charge is 2.34. The first-order valence-corrected chi connectivity index (χ1v) is 13.7. The minimum absolute atomic E-state index is 0.564. The number of rotatable bonds is 8. The minimum Gasteiger partial charge on any atom is -0.455 e. The standard InChI is InChI=1S/C12H28Cl2OSi2/c1-11(7-13)9-16(3,4)15-17(5,6)10-12(2)8-14/h11-12H,7-10H2,1-6H3/t11-,12-/m1/s1. The Morgan fingerprint density at radius 1 is 0.824 bits per heavy atom. The second kappa shape index (κ2) is 7.54. The molecular formula is C12H28Cl2OSi2. The Balaban J connectivity index is 4.36. The fourth-order valence-electron chi connectivity index (χ4n) is 2.62. The lowest BCUT2D eigenvalue weighted by Gasteiger charge is -2.36. The highest BCUT2D eigenvalue weighted by atomic mass is 35.5. The summed E-state index contributed by atoms with van der Waals surface area (Å²) in [6.45, 7) is 13.7. The van der Waals surface area contributed by atoms with Gasteiger partial charge in [0.1, 0.15) is 0 Å². The molecule has 17 heavy (non-hydrogen) atoms. The molecule has 0 saturated heterocycles. The number of hydrogen-bond acceptors (Lipinski definition) is 1. The molecule has 0 aromatic heterocycles. The summed E-state index contributed by atoms with van der Waals surface area (Å²) in [5.41, 5.74) is 0. The van der Waals surface area contributed by atoms with Gasteiger partial charge in [0.2, 0.25) is 0 Å². The van der Waals surface area contributed by atoms with Crippen molar-refractivity contribution in [1.29, 1.82) is 0 Å². The van der Waals surface area contributed by atoms with Gasteiger partial charge in [-0.05, 0) is 50.1 Å². The predicted molar refractivity (Wildman–Crippen MR) is 85.4 cm³/mol. The van der Waals surface area contributed by atoms with E-state index >= 15 is 0 Å². The molecule has 0 aromatic rings. The Bertz CT molecular complexity index is 201. The summed E-state index contributed by atoms with van der Waals surface area (Å²) in [5, 5.41) is 0. The summed E-state index contributed by atoms with van der Waals surface area (Å²) in [7, 11) is -3.14. The van der Waals surface area contributed by atoms with Crippen molar-refractivity contribution in [3.63, 3.8) is 0 Å². The Labute approximate surface area is 119 Å². The summed E-state index contributed by atoms with van der Waals surface area (Å²) in [6, 6.07) is 2.31. The van der Waals surface area contributed by atoms with Crippen molar-refractivity contribution in [3.8, 4) is 0 Å². The quantitative estimate of drug-likeness (QED) is 0.444. The monoisotopic (exact) mass is 314 g/mol. The maximum Gasteiger partial charge on any atom is 0.173 e. The van der Waals surface area contributed by atoms with E-state index in [1.807, 2.05) is 0 Å². The van der Waals surface area contributed by atoms with Crippen molar-refractivity contribution < 1.29 is 4.12 Å². The zero-order valence-electron chi connectivity index (χ0n) is 12.1. The van der Waals surface area contributed by atoms with Crippen molar-refractivity contribution in [2.24, 2.45) is 11.8 Å². The molecule has 2 atom stereocenters.